The van der Waals surface area contributed by atoms with Crippen LogP contribution in [-0.2, 0) is 10.2 Å². The lowest BCUT2D eigenvalue weighted by Gasteiger charge is -2.29. The van der Waals surface area contributed by atoms with Crippen LogP contribution in [0.3, 0.4) is 0 Å². The Morgan fingerprint density at radius 2 is 2.20 bits per heavy atom. The van der Waals surface area contributed by atoms with Crippen molar-refractivity contribution in [2.45, 2.75) is 12.3 Å². The van der Waals surface area contributed by atoms with E-state index in [4.69, 9.17) is 23.2 Å². The number of nitrogens with one attached hydrogen (secondary N) is 1. The molecule has 0 saturated carbocycles. The number of anilines is 1. The van der Waals surface area contributed by atoms with Gasteiger partial charge in [-0.05, 0) is 30.2 Å². The molecular weight excluding hydrogens is 299 g/mol. The summed E-state index contributed by atoms with van der Waals surface area (Å²) in [7, 11) is 0. The van der Waals surface area contributed by atoms with Gasteiger partial charge in [0.05, 0.1) is 10.0 Å². The highest BCUT2D eigenvalue weighted by atomic mass is 35.5. The lowest BCUT2D eigenvalue weighted by Crippen LogP contribution is -2.42. The number of hydrogen-bond donors (Lipinski definition) is 2. The monoisotopic (exact) mass is 314 g/mol. The van der Waals surface area contributed by atoms with Crippen molar-refractivity contribution in [2.24, 2.45) is 5.92 Å². The van der Waals surface area contributed by atoms with Crippen molar-refractivity contribution in [3.05, 3.63) is 27.7 Å². The first-order valence-electron chi connectivity index (χ1n) is 6.61. The first kappa shape index (κ1) is 14.1. The molecule has 2 aliphatic heterocycles. The number of benzene rings is 1. The van der Waals surface area contributed by atoms with Crippen LogP contribution in [0.4, 0.5) is 5.69 Å². The third kappa shape index (κ3) is 1.86. The lowest BCUT2D eigenvalue weighted by molar-refractivity contribution is -0.121. The van der Waals surface area contributed by atoms with Gasteiger partial charge in [-0.25, -0.2) is 0 Å². The zero-order chi connectivity index (χ0) is 14.5. The molecule has 1 amide bonds. The number of carbonyl (C=O) groups excluding carboxylic acids is 1. The van der Waals surface area contributed by atoms with Gasteiger partial charge < -0.3 is 15.3 Å². The van der Waals surface area contributed by atoms with E-state index in [-0.39, 0.29) is 11.3 Å². The predicted octanol–water partition coefficient (Wildman–Crippen LogP) is 1.81. The van der Waals surface area contributed by atoms with Gasteiger partial charge in [-0.1, -0.05) is 30.1 Å². The topological polar surface area (TPSA) is 52.6 Å². The highest BCUT2D eigenvalue weighted by molar-refractivity contribution is 6.42. The number of carbonyl (C=O) groups is 1. The molecule has 2 atom stereocenters. The Morgan fingerprint density at radius 3 is 2.80 bits per heavy atom. The molecule has 6 heteroatoms. The number of aliphatic hydroxyl groups is 1. The van der Waals surface area contributed by atoms with Gasteiger partial charge in [0.2, 0.25) is 0 Å². The first-order chi connectivity index (χ1) is 9.49. The number of halogens is 2. The van der Waals surface area contributed by atoms with Gasteiger partial charge in [0.15, 0.2) is 0 Å². The Labute approximate surface area is 127 Å². The maximum absolute atomic E-state index is 12.0. The molecule has 0 aromatic heterocycles. The minimum absolute atomic E-state index is 0.144. The van der Waals surface area contributed by atoms with Crippen molar-refractivity contribution in [3.63, 3.8) is 0 Å². The third-order valence-electron chi connectivity index (χ3n) is 4.58. The molecule has 1 saturated heterocycles. The molecule has 1 fully saturated rings. The molecule has 2 unspecified atom stereocenters. The van der Waals surface area contributed by atoms with Crippen molar-refractivity contribution in [3.8, 4) is 0 Å². The fraction of sp³-hybridized carbons (Fsp3) is 0.500. The minimum atomic E-state index is -0.502. The van der Waals surface area contributed by atoms with E-state index in [1.165, 1.54) is 0 Å². The zero-order valence-electron chi connectivity index (χ0n) is 11.1. The first-order valence-corrected chi connectivity index (χ1v) is 7.36. The van der Waals surface area contributed by atoms with Crippen LogP contribution in [0.25, 0.3) is 0 Å². The summed E-state index contributed by atoms with van der Waals surface area (Å²) < 4.78 is 0. The normalized spacial score (nSPS) is 28.2. The van der Waals surface area contributed by atoms with Crippen LogP contribution in [0.2, 0.25) is 10.0 Å². The zero-order valence-corrected chi connectivity index (χ0v) is 12.6. The number of fused-ring (bicyclic) bond motifs is 2. The van der Waals surface area contributed by atoms with Crippen molar-refractivity contribution in [2.75, 3.05) is 31.1 Å². The molecule has 108 valence electrons. The molecule has 1 spiro atoms. The summed E-state index contributed by atoms with van der Waals surface area (Å²) in [5.41, 5.74) is 1.68. The van der Waals surface area contributed by atoms with Gasteiger partial charge in [-0.3, -0.25) is 4.79 Å². The average molecular weight is 315 g/mol. The number of aliphatic hydroxyl groups excluding tert-OH is 1. The number of nitrogens with zero attached hydrogens (tertiary/aromatic N) is 1. The van der Waals surface area contributed by atoms with Gasteiger partial charge in [-0.15, -0.1) is 0 Å². The van der Waals surface area contributed by atoms with E-state index >= 15 is 0 Å². The van der Waals surface area contributed by atoms with E-state index in [1.54, 1.807) is 11.0 Å². The summed E-state index contributed by atoms with van der Waals surface area (Å²) in [6.07, 6.45) is 0. The molecule has 4 nitrogen and oxygen atoms in total. The highest BCUT2D eigenvalue weighted by Gasteiger charge is 2.50. The van der Waals surface area contributed by atoms with Crippen LogP contribution in [0.15, 0.2) is 12.1 Å². The molecule has 2 aliphatic rings. The summed E-state index contributed by atoms with van der Waals surface area (Å²) >= 11 is 12.2. The molecule has 0 radical (unpaired) electrons. The second-order valence-corrected chi connectivity index (χ2v) is 6.42. The van der Waals surface area contributed by atoms with E-state index in [9.17, 15) is 9.90 Å². The Morgan fingerprint density at radius 1 is 1.50 bits per heavy atom. The van der Waals surface area contributed by atoms with E-state index in [0.717, 1.165) is 24.3 Å². The molecule has 2 N–H and O–H groups in total. The maximum atomic E-state index is 12.0. The second-order valence-electron chi connectivity index (χ2n) is 5.61. The summed E-state index contributed by atoms with van der Waals surface area (Å²) in [6, 6.07) is 3.60. The largest absolute Gasteiger partial charge is 0.387 e. The minimum Gasteiger partial charge on any atom is -0.387 e. The Balaban J connectivity index is 2.17. The Kier molecular flexibility index (Phi) is 3.45. The van der Waals surface area contributed by atoms with Crippen LogP contribution in [0.1, 0.15) is 12.5 Å². The Hall–Kier alpha value is -0.810. The van der Waals surface area contributed by atoms with Crippen LogP contribution in [-0.4, -0.2) is 37.3 Å². The number of rotatable bonds is 1. The fourth-order valence-corrected chi connectivity index (χ4v) is 3.69. The van der Waals surface area contributed by atoms with Gasteiger partial charge in [0.25, 0.3) is 5.91 Å². The van der Waals surface area contributed by atoms with Gasteiger partial charge >= 0.3 is 0 Å². The third-order valence-corrected chi connectivity index (χ3v) is 5.30. The maximum Gasteiger partial charge on any atom is 0.252 e. The summed E-state index contributed by atoms with van der Waals surface area (Å²) in [5.74, 6) is 0.0793. The summed E-state index contributed by atoms with van der Waals surface area (Å²) in [6.45, 7) is 3.93. The summed E-state index contributed by atoms with van der Waals surface area (Å²) in [5, 5.41) is 13.5. The van der Waals surface area contributed by atoms with E-state index in [1.807, 2.05) is 6.07 Å². The van der Waals surface area contributed by atoms with Crippen LogP contribution in [0, 0.1) is 5.92 Å². The molecule has 1 aromatic rings. The highest BCUT2D eigenvalue weighted by Crippen LogP contribution is 2.49. The molecule has 2 heterocycles. The smallest absolute Gasteiger partial charge is 0.252 e. The van der Waals surface area contributed by atoms with E-state index in [0.29, 0.717) is 22.5 Å². The van der Waals surface area contributed by atoms with Crippen LogP contribution < -0.4 is 10.2 Å². The van der Waals surface area contributed by atoms with Crippen molar-refractivity contribution >= 4 is 34.8 Å². The number of hydrogen-bond acceptors (Lipinski definition) is 3. The predicted molar refractivity (Wildman–Crippen MR) is 79.6 cm³/mol. The average Bonchev–Trinajstić information content (AvgIpc) is 2.94. The van der Waals surface area contributed by atoms with E-state index in [2.05, 4.69) is 12.2 Å². The Bertz CT molecular complexity index is 579. The van der Waals surface area contributed by atoms with Gasteiger partial charge in [-0.2, -0.15) is 0 Å². The number of amides is 1. The standard InChI is InChI=1S/C14H16Cl2N2O2/c1-8-4-17-6-14(8)7-18(13(20)5-19)12-3-11(16)10(15)2-9(12)14/h2-3,8,17,19H,4-7H2,1H3. The SMILES string of the molecule is CC1CNCC12CN(C(=O)CO)c1cc(Cl)c(Cl)cc12. The summed E-state index contributed by atoms with van der Waals surface area (Å²) in [4.78, 5) is 13.6. The molecule has 20 heavy (non-hydrogen) atoms. The van der Waals surface area contributed by atoms with E-state index < -0.39 is 6.61 Å². The lowest BCUT2D eigenvalue weighted by atomic mass is 9.75. The van der Waals surface area contributed by atoms with Gasteiger partial charge in [0, 0.05) is 24.2 Å². The second kappa shape index (κ2) is 4.88. The van der Waals surface area contributed by atoms with Crippen molar-refractivity contribution < 1.29 is 9.90 Å². The van der Waals surface area contributed by atoms with Gasteiger partial charge in [0.1, 0.15) is 6.61 Å². The quantitative estimate of drug-likeness (QED) is 0.831. The van der Waals surface area contributed by atoms with Crippen molar-refractivity contribution in [1.29, 1.82) is 0 Å². The molecule has 1 aromatic carbocycles. The van der Waals surface area contributed by atoms with Crippen LogP contribution in [0.5, 0.6) is 0 Å². The fourth-order valence-electron chi connectivity index (χ4n) is 3.37. The molecule has 3 rings (SSSR count). The molecule has 0 bridgehead atoms. The molecular formula is C14H16Cl2N2O2. The van der Waals surface area contributed by atoms with Crippen molar-refractivity contribution in [1.82, 2.24) is 5.32 Å². The van der Waals surface area contributed by atoms with Crippen LogP contribution >= 0.6 is 23.2 Å². The molecule has 0 aliphatic carbocycles.